The highest BCUT2D eigenvalue weighted by Gasteiger charge is 2.29. The van der Waals surface area contributed by atoms with Crippen LogP contribution in [-0.2, 0) is 10.0 Å². The largest absolute Gasteiger partial charge is 0.397 e. The molecule has 5 nitrogen and oxygen atoms in total. The Morgan fingerprint density at radius 2 is 2.05 bits per heavy atom. The molecule has 2 unspecified atom stereocenters. The van der Waals surface area contributed by atoms with E-state index in [2.05, 4.69) is 4.72 Å². The molecule has 0 amide bonds. The van der Waals surface area contributed by atoms with Gasteiger partial charge in [-0.2, -0.15) is 0 Å². The Hall–Kier alpha value is -0.820. The molecule has 118 valence electrons. The maximum absolute atomic E-state index is 12.6. The van der Waals surface area contributed by atoms with Crippen molar-refractivity contribution in [2.75, 3.05) is 12.3 Å². The Morgan fingerprint density at radius 3 is 2.71 bits per heavy atom. The molecule has 1 aromatic rings. The third-order valence-corrected chi connectivity index (χ3v) is 5.99. The maximum Gasteiger partial charge on any atom is 0.241 e. The molecule has 0 heterocycles. The average Bonchev–Trinajstić information content (AvgIpc) is 2.43. The summed E-state index contributed by atoms with van der Waals surface area (Å²) in [6.45, 7) is 1.68. The van der Waals surface area contributed by atoms with Gasteiger partial charge in [0.1, 0.15) is 0 Å². The first-order valence-corrected chi connectivity index (χ1v) is 8.90. The monoisotopic (exact) mass is 332 g/mol. The predicted octanol–water partition coefficient (Wildman–Crippen LogP) is 2.06. The lowest BCUT2D eigenvalue weighted by Crippen LogP contribution is -2.43. The molecule has 0 spiro atoms. The molecule has 2 atom stereocenters. The van der Waals surface area contributed by atoms with Crippen LogP contribution in [0.4, 0.5) is 5.69 Å². The van der Waals surface area contributed by atoms with Crippen molar-refractivity contribution in [3.05, 3.63) is 22.7 Å². The minimum atomic E-state index is -3.67. The van der Waals surface area contributed by atoms with Gasteiger partial charge in [0, 0.05) is 12.6 Å². The van der Waals surface area contributed by atoms with Crippen LogP contribution >= 0.6 is 11.6 Å². The molecular weight excluding hydrogens is 312 g/mol. The first-order valence-electron chi connectivity index (χ1n) is 7.04. The number of hydrogen-bond acceptors (Lipinski definition) is 4. The summed E-state index contributed by atoms with van der Waals surface area (Å²) < 4.78 is 27.8. The van der Waals surface area contributed by atoms with Crippen molar-refractivity contribution in [3.8, 4) is 0 Å². The fraction of sp³-hybridized carbons (Fsp3) is 0.571. The lowest BCUT2D eigenvalue weighted by atomic mass is 9.86. The topological polar surface area (TPSA) is 92.4 Å². The van der Waals surface area contributed by atoms with Gasteiger partial charge in [0.15, 0.2) is 0 Å². The lowest BCUT2D eigenvalue weighted by molar-refractivity contribution is 0.164. The summed E-state index contributed by atoms with van der Waals surface area (Å²) in [7, 11) is -3.67. The number of halogens is 1. The summed E-state index contributed by atoms with van der Waals surface area (Å²) in [5.41, 5.74) is 6.50. The number of aliphatic hydroxyl groups is 1. The molecule has 1 fully saturated rings. The number of nitrogens with one attached hydrogen (secondary N) is 1. The molecule has 21 heavy (non-hydrogen) atoms. The van der Waals surface area contributed by atoms with E-state index in [9.17, 15) is 13.5 Å². The molecule has 0 aliphatic heterocycles. The molecule has 1 saturated carbocycles. The van der Waals surface area contributed by atoms with Crippen LogP contribution in [0.15, 0.2) is 17.0 Å². The first kappa shape index (κ1) is 16.5. The summed E-state index contributed by atoms with van der Waals surface area (Å²) in [6, 6.07) is 2.71. The Morgan fingerprint density at radius 1 is 1.38 bits per heavy atom. The highest BCUT2D eigenvalue weighted by atomic mass is 35.5. The molecule has 1 aliphatic carbocycles. The van der Waals surface area contributed by atoms with Crippen LogP contribution in [-0.4, -0.2) is 26.2 Å². The zero-order valence-electron chi connectivity index (χ0n) is 12.0. The third kappa shape index (κ3) is 3.69. The summed E-state index contributed by atoms with van der Waals surface area (Å²) >= 11 is 5.90. The molecule has 4 N–H and O–H groups in total. The van der Waals surface area contributed by atoms with Gasteiger partial charge >= 0.3 is 0 Å². The molecular formula is C14H21ClN2O3S. The van der Waals surface area contributed by atoms with Gasteiger partial charge in [-0.05, 0) is 43.4 Å². The highest BCUT2D eigenvalue weighted by molar-refractivity contribution is 7.89. The maximum atomic E-state index is 12.6. The number of aliphatic hydroxyl groups excluding tert-OH is 1. The second kappa shape index (κ2) is 6.52. The van der Waals surface area contributed by atoms with E-state index >= 15 is 0 Å². The van der Waals surface area contributed by atoms with Crippen molar-refractivity contribution in [2.24, 2.45) is 5.92 Å². The second-order valence-electron chi connectivity index (χ2n) is 5.59. The van der Waals surface area contributed by atoms with Crippen molar-refractivity contribution in [1.82, 2.24) is 4.72 Å². The van der Waals surface area contributed by atoms with E-state index in [4.69, 9.17) is 17.3 Å². The standard InChI is InChI=1S/C14H21ClN2O3S/c1-9-6-11(15)12(16)7-14(9)21(19,20)17-13-5-3-2-4-10(13)8-18/h6-7,10,13,17-18H,2-5,8,16H2,1H3. The average molecular weight is 333 g/mol. The zero-order valence-corrected chi connectivity index (χ0v) is 13.5. The predicted molar refractivity (Wildman–Crippen MR) is 83.8 cm³/mol. The van der Waals surface area contributed by atoms with Crippen LogP contribution in [0.1, 0.15) is 31.2 Å². The first-order chi connectivity index (χ1) is 9.85. The van der Waals surface area contributed by atoms with Crippen LogP contribution < -0.4 is 10.5 Å². The van der Waals surface area contributed by atoms with Gasteiger partial charge in [0.05, 0.1) is 15.6 Å². The van der Waals surface area contributed by atoms with Crippen molar-refractivity contribution in [3.63, 3.8) is 0 Å². The van der Waals surface area contributed by atoms with Gasteiger partial charge < -0.3 is 10.8 Å². The summed E-state index contributed by atoms with van der Waals surface area (Å²) in [5.74, 6) is -0.0292. The number of nitrogens with two attached hydrogens (primary N) is 1. The minimum absolute atomic E-state index is 0.00503. The fourth-order valence-electron chi connectivity index (χ4n) is 2.80. The third-order valence-electron chi connectivity index (χ3n) is 4.03. The van der Waals surface area contributed by atoms with E-state index in [0.717, 1.165) is 25.7 Å². The van der Waals surface area contributed by atoms with E-state index in [0.29, 0.717) is 10.6 Å². The van der Waals surface area contributed by atoms with Gasteiger partial charge in [0.2, 0.25) is 10.0 Å². The van der Waals surface area contributed by atoms with E-state index < -0.39 is 10.0 Å². The Balaban J connectivity index is 2.28. The number of rotatable bonds is 4. The number of benzene rings is 1. The molecule has 0 bridgehead atoms. The minimum Gasteiger partial charge on any atom is -0.397 e. The van der Waals surface area contributed by atoms with Crippen molar-refractivity contribution in [2.45, 2.75) is 43.5 Å². The Bertz CT molecular complexity index is 619. The van der Waals surface area contributed by atoms with E-state index in [1.165, 1.54) is 6.07 Å². The van der Waals surface area contributed by atoms with Crippen molar-refractivity contribution >= 4 is 27.3 Å². The van der Waals surface area contributed by atoms with Gasteiger partial charge in [-0.25, -0.2) is 13.1 Å². The molecule has 0 saturated heterocycles. The fourth-order valence-corrected chi connectivity index (χ4v) is 4.62. The normalized spacial score (nSPS) is 23.2. The number of sulfonamides is 1. The second-order valence-corrected chi connectivity index (χ2v) is 7.68. The lowest BCUT2D eigenvalue weighted by Gasteiger charge is -2.30. The summed E-state index contributed by atoms with van der Waals surface area (Å²) in [6.07, 6.45) is 3.57. The van der Waals surface area contributed by atoms with Crippen LogP contribution in [0, 0.1) is 12.8 Å². The van der Waals surface area contributed by atoms with E-state index in [1.807, 2.05) is 0 Å². The van der Waals surface area contributed by atoms with Crippen molar-refractivity contribution in [1.29, 1.82) is 0 Å². The number of hydrogen-bond donors (Lipinski definition) is 3. The van der Waals surface area contributed by atoms with Crippen LogP contribution in [0.3, 0.4) is 0 Å². The van der Waals surface area contributed by atoms with Crippen LogP contribution in [0.25, 0.3) is 0 Å². The van der Waals surface area contributed by atoms with Gasteiger partial charge in [-0.15, -0.1) is 0 Å². The molecule has 0 radical (unpaired) electrons. The molecule has 1 aromatic carbocycles. The summed E-state index contributed by atoms with van der Waals surface area (Å²) in [4.78, 5) is 0.145. The molecule has 7 heteroatoms. The quantitative estimate of drug-likeness (QED) is 0.736. The summed E-state index contributed by atoms with van der Waals surface area (Å²) in [5, 5.41) is 9.74. The number of nitrogen functional groups attached to an aromatic ring is 1. The van der Waals surface area contributed by atoms with Crippen LogP contribution in [0.5, 0.6) is 0 Å². The smallest absolute Gasteiger partial charge is 0.241 e. The number of aryl methyl sites for hydroxylation is 1. The van der Waals surface area contributed by atoms with Gasteiger partial charge in [0.25, 0.3) is 0 Å². The Kier molecular flexibility index (Phi) is 5.14. The molecule has 2 rings (SSSR count). The Labute approximate surface area is 130 Å². The van der Waals surface area contributed by atoms with Crippen molar-refractivity contribution < 1.29 is 13.5 Å². The van der Waals surface area contributed by atoms with Gasteiger partial charge in [-0.1, -0.05) is 24.4 Å². The highest BCUT2D eigenvalue weighted by Crippen LogP contribution is 2.29. The zero-order chi connectivity index (χ0) is 15.6. The van der Waals surface area contributed by atoms with E-state index in [-0.39, 0.29) is 29.1 Å². The van der Waals surface area contributed by atoms with Crippen LogP contribution in [0.2, 0.25) is 5.02 Å². The van der Waals surface area contributed by atoms with E-state index in [1.54, 1.807) is 13.0 Å². The number of anilines is 1. The molecule has 1 aliphatic rings. The molecule has 0 aromatic heterocycles. The van der Waals surface area contributed by atoms with Gasteiger partial charge in [-0.3, -0.25) is 0 Å². The SMILES string of the molecule is Cc1cc(Cl)c(N)cc1S(=O)(=O)NC1CCCCC1CO.